The van der Waals surface area contributed by atoms with Crippen LogP contribution in [0.1, 0.15) is 20.7 Å². The molecule has 0 bridgehead atoms. The van der Waals surface area contributed by atoms with Crippen molar-refractivity contribution in [1.82, 2.24) is 0 Å². The SMILES string of the molecule is N=C[C@H](OC(=O)c1ccccc1)[C@H](F)[C@H](O)COC(=O)c1ccccc1. The number of carbonyl (C=O) groups is 2. The fraction of sp³-hybridized carbons (Fsp3) is 0.211. The Morgan fingerprint density at radius 2 is 1.50 bits per heavy atom. The van der Waals surface area contributed by atoms with E-state index in [0.29, 0.717) is 6.21 Å². The molecule has 3 atom stereocenters. The van der Waals surface area contributed by atoms with E-state index in [0.717, 1.165) is 0 Å². The van der Waals surface area contributed by atoms with E-state index >= 15 is 0 Å². The maximum atomic E-state index is 14.3. The van der Waals surface area contributed by atoms with Crippen LogP contribution in [0, 0.1) is 5.41 Å². The van der Waals surface area contributed by atoms with E-state index in [2.05, 4.69) is 0 Å². The number of carbonyl (C=O) groups excluding carboxylic acids is 2. The molecule has 0 heterocycles. The molecule has 0 spiro atoms. The van der Waals surface area contributed by atoms with Gasteiger partial charge in [0.2, 0.25) is 0 Å². The van der Waals surface area contributed by atoms with Crippen molar-refractivity contribution in [1.29, 1.82) is 5.41 Å². The first-order chi connectivity index (χ1) is 12.5. The van der Waals surface area contributed by atoms with Gasteiger partial charge in [-0.25, -0.2) is 14.0 Å². The molecule has 2 aromatic carbocycles. The van der Waals surface area contributed by atoms with Gasteiger partial charge >= 0.3 is 11.9 Å². The number of esters is 2. The summed E-state index contributed by atoms with van der Waals surface area (Å²) in [5, 5.41) is 17.1. The molecule has 0 amide bonds. The molecule has 0 aliphatic rings. The number of hydrogen-bond acceptors (Lipinski definition) is 6. The first-order valence-electron chi connectivity index (χ1n) is 7.84. The predicted octanol–water partition coefficient (Wildman–Crippen LogP) is 2.42. The first-order valence-corrected chi connectivity index (χ1v) is 7.84. The molecule has 0 unspecified atom stereocenters. The van der Waals surface area contributed by atoms with Crippen LogP contribution in [0.2, 0.25) is 0 Å². The van der Waals surface area contributed by atoms with Gasteiger partial charge in [-0.3, -0.25) is 0 Å². The lowest BCUT2D eigenvalue weighted by Crippen LogP contribution is -2.40. The summed E-state index contributed by atoms with van der Waals surface area (Å²) in [5.74, 6) is -1.54. The highest BCUT2D eigenvalue weighted by molar-refractivity contribution is 5.90. The van der Waals surface area contributed by atoms with Crippen molar-refractivity contribution in [3.63, 3.8) is 0 Å². The monoisotopic (exact) mass is 359 g/mol. The van der Waals surface area contributed by atoms with Gasteiger partial charge in [0.25, 0.3) is 0 Å². The van der Waals surface area contributed by atoms with Gasteiger partial charge in [0.05, 0.1) is 11.1 Å². The Morgan fingerprint density at radius 1 is 1.00 bits per heavy atom. The Bertz CT molecular complexity index is 738. The quantitative estimate of drug-likeness (QED) is 0.557. The van der Waals surface area contributed by atoms with Crippen molar-refractivity contribution >= 4 is 18.2 Å². The van der Waals surface area contributed by atoms with Crippen molar-refractivity contribution in [2.24, 2.45) is 0 Å². The standard InChI is InChI=1S/C19H18FNO5/c20-17(15(22)12-25-18(23)13-7-3-1-4-8-13)16(11-21)26-19(24)14-9-5-2-6-10-14/h1-11,15-17,21-22H,12H2/t15-,16+,17-/m1/s1. The molecule has 0 aliphatic carbocycles. The molecule has 0 aromatic heterocycles. The van der Waals surface area contributed by atoms with E-state index in [4.69, 9.17) is 14.9 Å². The first kappa shape index (κ1) is 19.3. The number of hydrogen-bond donors (Lipinski definition) is 2. The molecule has 0 saturated heterocycles. The summed E-state index contributed by atoms with van der Waals surface area (Å²) in [5.41, 5.74) is 0.450. The van der Waals surface area contributed by atoms with Crippen molar-refractivity contribution in [2.45, 2.75) is 18.4 Å². The average Bonchev–Trinajstić information content (AvgIpc) is 2.70. The van der Waals surface area contributed by atoms with E-state index in [9.17, 15) is 19.1 Å². The lowest BCUT2D eigenvalue weighted by Gasteiger charge is -2.22. The zero-order valence-corrected chi connectivity index (χ0v) is 13.7. The van der Waals surface area contributed by atoms with Crippen LogP contribution in [0.25, 0.3) is 0 Å². The Labute approximate surface area is 149 Å². The average molecular weight is 359 g/mol. The van der Waals surface area contributed by atoms with Crippen molar-refractivity contribution in [3.8, 4) is 0 Å². The lowest BCUT2D eigenvalue weighted by atomic mass is 10.1. The van der Waals surface area contributed by atoms with E-state index in [1.807, 2.05) is 0 Å². The highest BCUT2D eigenvalue weighted by Gasteiger charge is 2.31. The van der Waals surface area contributed by atoms with E-state index in [-0.39, 0.29) is 11.1 Å². The number of nitrogens with one attached hydrogen (secondary N) is 1. The van der Waals surface area contributed by atoms with Gasteiger partial charge in [-0.1, -0.05) is 36.4 Å². The van der Waals surface area contributed by atoms with Crippen LogP contribution < -0.4 is 0 Å². The van der Waals surface area contributed by atoms with Crippen molar-refractivity contribution in [2.75, 3.05) is 6.61 Å². The van der Waals surface area contributed by atoms with Crippen LogP contribution in [0.5, 0.6) is 0 Å². The minimum absolute atomic E-state index is 0.191. The Hall–Kier alpha value is -3.06. The number of aliphatic hydroxyl groups excluding tert-OH is 1. The number of benzene rings is 2. The zero-order valence-electron chi connectivity index (χ0n) is 13.7. The van der Waals surface area contributed by atoms with Gasteiger partial charge in [0.15, 0.2) is 12.3 Å². The Kier molecular flexibility index (Phi) is 6.99. The summed E-state index contributed by atoms with van der Waals surface area (Å²) in [6.45, 7) is -0.637. The third-order valence-electron chi connectivity index (χ3n) is 3.49. The highest BCUT2D eigenvalue weighted by atomic mass is 19.1. The van der Waals surface area contributed by atoms with E-state index < -0.39 is 36.9 Å². The summed E-state index contributed by atoms with van der Waals surface area (Å²) in [6, 6.07) is 15.9. The second-order valence-corrected chi connectivity index (χ2v) is 5.38. The zero-order chi connectivity index (χ0) is 18.9. The molecule has 0 fully saturated rings. The third kappa shape index (κ3) is 5.22. The Morgan fingerprint density at radius 3 is 2.00 bits per heavy atom. The summed E-state index contributed by atoms with van der Waals surface area (Å²) >= 11 is 0. The maximum Gasteiger partial charge on any atom is 0.338 e. The van der Waals surface area contributed by atoms with Crippen LogP contribution in [0.4, 0.5) is 4.39 Å². The number of ether oxygens (including phenoxy) is 2. The van der Waals surface area contributed by atoms with Crippen LogP contribution in [-0.4, -0.2) is 48.2 Å². The van der Waals surface area contributed by atoms with Gasteiger partial charge in [-0.05, 0) is 24.3 Å². The lowest BCUT2D eigenvalue weighted by molar-refractivity contribution is -0.0344. The summed E-state index contributed by atoms with van der Waals surface area (Å²) in [7, 11) is 0. The van der Waals surface area contributed by atoms with Crippen LogP contribution >= 0.6 is 0 Å². The molecule has 0 saturated carbocycles. The fourth-order valence-electron chi connectivity index (χ4n) is 2.09. The number of rotatable bonds is 8. The minimum atomic E-state index is -2.12. The summed E-state index contributed by atoms with van der Waals surface area (Å²) in [6.07, 6.45) is -4.90. The second-order valence-electron chi connectivity index (χ2n) is 5.38. The molecule has 0 aliphatic heterocycles. The molecule has 2 aromatic rings. The highest BCUT2D eigenvalue weighted by Crippen LogP contribution is 2.12. The molecule has 2 rings (SSSR count). The van der Waals surface area contributed by atoms with Crippen molar-refractivity contribution in [3.05, 3.63) is 71.8 Å². The number of alkyl halides is 1. The van der Waals surface area contributed by atoms with Gasteiger partial charge in [0.1, 0.15) is 12.7 Å². The van der Waals surface area contributed by atoms with Crippen LogP contribution in [0.3, 0.4) is 0 Å². The molecular formula is C19H18FNO5. The summed E-state index contributed by atoms with van der Waals surface area (Å²) in [4.78, 5) is 23.7. The topological polar surface area (TPSA) is 96.7 Å². The van der Waals surface area contributed by atoms with Gasteiger partial charge in [-0.15, -0.1) is 0 Å². The largest absolute Gasteiger partial charge is 0.459 e. The van der Waals surface area contributed by atoms with E-state index in [1.165, 1.54) is 24.3 Å². The fourth-order valence-corrected chi connectivity index (χ4v) is 2.09. The van der Waals surface area contributed by atoms with Crippen LogP contribution in [-0.2, 0) is 9.47 Å². The Balaban J connectivity index is 1.90. The predicted molar refractivity (Wildman–Crippen MR) is 92.1 cm³/mol. The minimum Gasteiger partial charge on any atom is -0.459 e. The van der Waals surface area contributed by atoms with Gasteiger partial charge in [-0.2, -0.15) is 0 Å². The molecule has 2 N–H and O–H groups in total. The molecular weight excluding hydrogens is 341 g/mol. The smallest absolute Gasteiger partial charge is 0.338 e. The van der Waals surface area contributed by atoms with Gasteiger partial charge < -0.3 is 20.0 Å². The normalized spacial score (nSPS) is 13.9. The third-order valence-corrected chi connectivity index (χ3v) is 3.49. The summed E-state index contributed by atoms with van der Waals surface area (Å²) < 4.78 is 24.1. The van der Waals surface area contributed by atoms with Crippen LogP contribution in [0.15, 0.2) is 60.7 Å². The van der Waals surface area contributed by atoms with Gasteiger partial charge in [0, 0.05) is 6.21 Å². The number of halogens is 1. The molecule has 6 nitrogen and oxygen atoms in total. The maximum absolute atomic E-state index is 14.3. The molecule has 136 valence electrons. The van der Waals surface area contributed by atoms with Crippen molar-refractivity contribution < 1.29 is 28.6 Å². The van der Waals surface area contributed by atoms with E-state index in [1.54, 1.807) is 36.4 Å². The molecule has 7 heteroatoms. The molecule has 26 heavy (non-hydrogen) atoms. The number of aliphatic hydroxyl groups is 1. The second kappa shape index (κ2) is 9.43. The molecule has 0 radical (unpaired) electrons.